The fraction of sp³-hybridized carbons (Fsp3) is 0.0833. The molecule has 0 bridgehead atoms. The summed E-state index contributed by atoms with van der Waals surface area (Å²) >= 11 is 14.0. The van der Waals surface area contributed by atoms with E-state index in [9.17, 15) is 0 Å². The molecule has 148 valence electrons. The first-order chi connectivity index (χ1) is 14.5. The molecule has 5 aromatic rings. The molecular formula is C24H17Cl2N3S. The molecule has 0 aliphatic heterocycles. The van der Waals surface area contributed by atoms with E-state index in [-0.39, 0.29) is 0 Å². The van der Waals surface area contributed by atoms with Gasteiger partial charge in [0.05, 0.1) is 22.5 Å². The Balaban J connectivity index is 1.83. The molecule has 0 saturated carbocycles. The van der Waals surface area contributed by atoms with Crippen molar-refractivity contribution in [2.45, 2.75) is 13.8 Å². The second-order valence-electron chi connectivity index (χ2n) is 7.14. The Bertz CT molecular complexity index is 1370. The highest BCUT2D eigenvalue weighted by molar-refractivity contribution is 7.15. The maximum atomic E-state index is 6.10. The van der Waals surface area contributed by atoms with Crippen molar-refractivity contribution in [2.75, 3.05) is 0 Å². The molecule has 0 spiro atoms. The third-order valence-electron chi connectivity index (χ3n) is 5.03. The fourth-order valence-corrected chi connectivity index (χ4v) is 4.74. The molecule has 3 nitrogen and oxygen atoms in total. The van der Waals surface area contributed by atoms with Crippen molar-refractivity contribution in [3.8, 4) is 27.4 Å². The normalized spacial score (nSPS) is 11.3. The van der Waals surface area contributed by atoms with E-state index in [0.717, 1.165) is 39.2 Å². The number of pyridine rings is 1. The van der Waals surface area contributed by atoms with E-state index in [1.165, 1.54) is 9.75 Å². The molecule has 0 saturated heterocycles. The summed E-state index contributed by atoms with van der Waals surface area (Å²) in [4.78, 5) is 7.49. The number of aryl methyl sites for hydroxylation is 2. The van der Waals surface area contributed by atoms with Crippen LogP contribution < -0.4 is 0 Å². The zero-order valence-corrected chi connectivity index (χ0v) is 18.7. The first kappa shape index (κ1) is 19.3. The fourth-order valence-electron chi connectivity index (χ4n) is 3.59. The number of benzene rings is 2. The Morgan fingerprint density at radius 1 is 0.833 bits per heavy atom. The zero-order chi connectivity index (χ0) is 20.8. The highest BCUT2D eigenvalue weighted by atomic mass is 35.5. The number of aromatic nitrogens is 3. The van der Waals surface area contributed by atoms with Crippen LogP contribution in [0.5, 0.6) is 0 Å². The average molecular weight is 450 g/mol. The Morgan fingerprint density at radius 2 is 1.50 bits per heavy atom. The molecule has 2 aromatic carbocycles. The lowest BCUT2D eigenvalue weighted by atomic mass is 10.0. The van der Waals surface area contributed by atoms with Gasteiger partial charge in [-0.25, -0.2) is 9.67 Å². The third kappa shape index (κ3) is 3.41. The summed E-state index contributed by atoms with van der Waals surface area (Å²) in [7, 11) is 0. The van der Waals surface area contributed by atoms with E-state index >= 15 is 0 Å². The van der Waals surface area contributed by atoms with Crippen LogP contribution in [0.4, 0.5) is 0 Å². The van der Waals surface area contributed by atoms with Crippen molar-refractivity contribution in [3.05, 3.63) is 87.3 Å². The topological polar surface area (TPSA) is 30.7 Å². The second kappa shape index (κ2) is 7.55. The van der Waals surface area contributed by atoms with Crippen LogP contribution in [0.25, 0.3) is 38.4 Å². The van der Waals surface area contributed by atoms with Gasteiger partial charge >= 0.3 is 0 Å². The molecule has 3 heterocycles. The molecule has 0 unspecified atom stereocenters. The maximum absolute atomic E-state index is 6.10. The Kier molecular flexibility index (Phi) is 4.86. The largest absolute Gasteiger partial charge is 0.228 e. The van der Waals surface area contributed by atoms with Crippen molar-refractivity contribution in [1.82, 2.24) is 14.8 Å². The van der Waals surface area contributed by atoms with Crippen molar-refractivity contribution in [2.24, 2.45) is 0 Å². The minimum atomic E-state index is 0.691. The summed E-state index contributed by atoms with van der Waals surface area (Å²) in [6.07, 6.45) is 0. The van der Waals surface area contributed by atoms with Gasteiger partial charge in [0.15, 0.2) is 5.65 Å². The SMILES string of the molecule is Cc1ccc(-c2cc(-c3ccc(Cl)cc3)nc3c2c(C)nn3-c2ccc(Cl)cc2)s1. The molecule has 0 radical (unpaired) electrons. The average Bonchev–Trinajstić information content (AvgIpc) is 3.32. The molecule has 3 aromatic heterocycles. The van der Waals surface area contributed by atoms with Gasteiger partial charge in [-0.3, -0.25) is 0 Å². The van der Waals surface area contributed by atoms with Gasteiger partial charge in [-0.2, -0.15) is 5.10 Å². The molecule has 0 amide bonds. The molecule has 0 N–H and O–H groups in total. The highest BCUT2D eigenvalue weighted by Crippen LogP contribution is 2.38. The smallest absolute Gasteiger partial charge is 0.164 e. The zero-order valence-electron chi connectivity index (χ0n) is 16.4. The minimum absolute atomic E-state index is 0.691. The molecule has 6 heteroatoms. The standard InChI is InChI=1S/C24H17Cl2N3S/c1-14-3-12-22(30-14)20-13-21(16-4-6-17(25)7-5-16)27-24-23(20)15(2)28-29(24)19-10-8-18(26)9-11-19/h3-13H,1-2H3. The summed E-state index contributed by atoms with van der Waals surface area (Å²) in [5, 5.41) is 7.28. The quantitative estimate of drug-likeness (QED) is 0.281. The van der Waals surface area contributed by atoms with Crippen LogP contribution in [0.15, 0.2) is 66.7 Å². The van der Waals surface area contributed by atoms with Gasteiger partial charge < -0.3 is 0 Å². The molecule has 0 aliphatic carbocycles. The van der Waals surface area contributed by atoms with Gasteiger partial charge in [0.2, 0.25) is 0 Å². The van der Waals surface area contributed by atoms with Crippen molar-refractivity contribution < 1.29 is 0 Å². The lowest BCUT2D eigenvalue weighted by Crippen LogP contribution is -1.98. The Morgan fingerprint density at radius 3 is 2.13 bits per heavy atom. The first-order valence-electron chi connectivity index (χ1n) is 9.49. The number of rotatable bonds is 3. The van der Waals surface area contributed by atoms with E-state index in [4.69, 9.17) is 33.3 Å². The van der Waals surface area contributed by atoms with Gasteiger partial charge in [0.25, 0.3) is 0 Å². The Labute approximate surface area is 188 Å². The van der Waals surface area contributed by atoms with E-state index in [1.807, 2.05) is 60.1 Å². The van der Waals surface area contributed by atoms with E-state index in [0.29, 0.717) is 10.0 Å². The number of halogens is 2. The molecular weight excluding hydrogens is 433 g/mol. The van der Waals surface area contributed by atoms with Crippen molar-refractivity contribution in [3.63, 3.8) is 0 Å². The summed E-state index contributed by atoms with van der Waals surface area (Å²) in [6.45, 7) is 4.15. The van der Waals surface area contributed by atoms with Crippen LogP contribution in [0.3, 0.4) is 0 Å². The van der Waals surface area contributed by atoms with Gasteiger partial charge in [-0.05, 0) is 68.4 Å². The van der Waals surface area contributed by atoms with Gasteiger partial charge in [-0.1, -0.05) is 35.3 Å². The minimum Gasteiger partial charge on any atom is -0.228 e. The highest BCUT2D eigenvalue weighted by Gasteiger charge is 2.19. The van der Waals surface area contributed by atoms with E-state index in [2.05, 4.69) is 25.1 Å². The van der Waals surface area contributed by atoms with Gasteiger partial charge in [-0.15, -0.1) is 11.3 Å². The predicted molar refractivity (Wildman–Crippen MR) is 127 cm³/mol. The van der Waals surface area contributed by atoms with Crippen LogP contribution in [0, 0.1) is 13.8 Å². The Hall–Kier alpha value is -2.66. The number of hydrogen-bond donors (Lipinski definition) is 0. The van der Waals surface area contributed by atoms with E-state index in [1.54, 1.807) is 11.3 Å². The number of thiophene rings is 1. The van der Waals surface area contributed by atoms with Crippen molar-refractivity contribution in [1.29, 1.82) is 0 Å². The van der Waals surface area contributed by atoms with Crippen LogP contribution in [-0.4, -0.2) is 14.8 Å². The van der Waals surface area contributed by atoms with Crippen molar-refractivity contribution >= 4 is 45.6 Å². The third-order valence-corrected chi connectivity index (χ3v) is 6.57. The van der Waals surface area contributed by atoms with Crippen LogP contribution in [0.1, 0.15) is 10.6 Å². The molecule has 30 heavy (non-hydrogen) atoms. The lowest BCUT2D eigenvalue weighted by Gasteiger charge is -2.09. The number of nitrogens with zero attached hydrogens (tertiary/aromatic N) is 3. The summed E-state index contributed by atoms with van der Waals surface area (Å²) in [5.41, 5.74) is 5.72. The monoisotopic (exact) mass is 449 g/mol. The number of fused-ring (bicyclic) bond motifs is 1. The first-order valence-corrected chi connectivity index (χ1v) is 11.1. The molecule has 0 atom stereocenters. The van der Waals surface area contributed by atoms with Gasteiger partial charge in [0, 0.05) is 30.9 Å². The summed E-state index contributed by atoms with van der Waals surface area (Å²) < 4.78 is 1.89. The number of hydrogen-bond acceptors (Lipinski definition) is 3. The van der Waals surface area contributed by atoms with Crippen LogP contribution >= 0.6 is 34.5 Å². The second-order valence-corrected chi connectivity index (χ2v) is 9.31. The summed E-state index contributed by atoms with van der Waals surface area (Å²) in [6, 6.07) is 21.9. The van der Waals surface area contributed by atoms with Crippen LogP contribution in [0.2, 0.25) is 10.0 Å². The van der Waals surface area contributed by atoms with Gasteiger partial charge in [0.1, 0.15) is 0 Å². The summed E-state index contributed by atoms with van der Waals surface area (Å²) in [5.74, 6) is 0. The predicted octanol–water partition coefficient (Wildman–Crippen LogP) is 7.74. The molecule has 5 rings (SSSR count). The maximum Gasteiger partial charge on any atom is 0.164 e. The lowest BCUT2D eigenvalue weighted by molar-refractivity contribution is 0.878. The van der Waals surface area contributed by atoms with Crippen LogP contribution in [-0.2, 0) is 0 Å². The van der Waals surface area contributed by atoms with E-state index < -0.39 is 0 Å². The molecule has 0 aliphatic rings. The molecule has 0 fully saturated rings.